The molecule has 0 atom stereocenters. The molecule has 4 aromatic rings. The van der Waals surface area contributed by atoms with Crippen LogP contribution in [0.4, 0.5) is 23.2 Å². The zero-order valence-electron chi connectivity index (χ0n) is 19.8. The van der Waals surface area contributed by atoms with Gasteiger partial charge in [0, 0.05) is 24.0 Å². The number of anilines is 1. The molecule has 0 saturated heterocycles. The molecule has 0 unspecified atom stereocenters. The minimum atomic E-state index is -4.78. The molecule has 2 aromatic carbocycles. The fourth-order valence-electron chi connectivity index (χ4n) is 3.69. The van der Waals surface area contributed by atoms with Crippen molar-refractivity contribution in [2.75, 3.05) is 19.4 Å². The molecule has 0 aliphatic rings. The van der Waals surface area contributed by atoms with Crippen molar-refractivity contribution >= 4 is 44.3 Å². The van der Waals surface area contributed by atoms with Gasteiger partial charge in [0.25, 0.3) is 11.8 Å². The van der Waals surface area contributed by atoms with Gasteiger partial charge in [-0.15, -0.1) is 0 Å². The zero-order chi connectivity index (χ0) is 27.1. The summed E-state index contributed by atoms with van der Waals surface area (Å²) in [6.45, 7) is 1.78. The molecule has 12 heteroatoms. The summed E-state index contributed by atoms with van der Waals surface area (Å²) in [6.07, 6.45) is -4.78. The molecule has 0 fully saturated rings. The van der Waals surface area contributed by atoms with Crippen molar-refractivity contribution in [1.29, 1.82) is 0 Å². The van der Waals surface area contributed by atoms with Crippen LogP contribution in [0, 0.1) is 12.7 Å². The Bertz CT molecular complexity index is 1510. The van der Waals surface area contributed by atoms with E-state index in [2.05, 4.69) is 31.3 Å². The first-order valence-corrected chi connectivity index (χ1v) is 11.7. The molecule has 4 rings (SSSR count). The predicted molar refractivity (Wildman–Crippen MR) is 133 cm³/mol. The monoisotopic (exact) mass is 577 g/mol. The maximum Gasteiger partial charge on any atom is 0.433 e. The van der Waals surface area contributed by atoms with Crippen molar-refractivity contribution < 1.29 is 27.2 Å². The minimum Gasteiger partial charge on any atom is -0.343 e. The molecular weight excluding hydrogens is 558 g/mol. The van der Waals surface area contributed by atoms with Crippen molar-refractivity contribution in [2.45, 2.75) is 19.6 Å². The van der Waals surface area contributed by atoms with Gasteiger partial charge in [-0.3, -0.25) is 14.3 Å². The standard InChI is InChI=1S/C25H20BrF4N5O2/c1-13-21(22(24(37)34(2)3)33-35(13)12-14-4-7-16(27)8-5-14)32-23(36)18-11-20(25(28,29)30)31-19-9-6-15(26)10-17(18)19/h4-11H,12H2,1-3H3,(H,32,36). The number of carbonyl (C=O) groups excluding carboxylic acids is 2. The zero-order valence-corrected chi connectivity index (χ0v) is 21.4. The van der Waals surface area contributed by atoms with Crippen LogP contribution in [-0.2, 0) is 12.7 Å². The number of alkyl halides is 3. The van der Waals surface area contributed by atoms with E-state index >= 15 is 0 Å². The van der Waals surface area contributed by atoms with E-state index in [4.69, 9.17) is 0 Å². The molecule has 0 bridgehead atoms. The molecule has 2 aromatic heterocycles. The highest BCUT2D eigenvalue weighted by molar-refractivity contribution is 9.10. The largest absolute Gasteiger partial charge is 0.433 e. The van der Waals surface area contributed by atoms with Crippen LogP contribution in [0.25, 0.3) is 10.9 Å². The maximum absolute atomic E-state index is 13.5. The molecule has 0 aliphatic heterocycles. The van der Waals surface area contributed by atoms with Gasteiger partial charge in [0.1, 0.15) is 11.5 Å². The number of amides is 2. The van der Waals surface area contributed by atoms with Crippen LogP contribution < -0.4 is 5.32 Å². The van der Waals surface area contributed by atoms with Gasteiger partial charge < -0.3 is 10.2 Å². The minimum absolute atomic E-state index is 0.0171. The lowest BCUT2D eigenvalue weighted by Gasteiger charge is -2.14. The number of pyridine rings is 1. The average Bonchev–Trinajstić information content (AvgIpc) is 3.13. The van der Waals surface area contributed by atoms with Crippen LogP contribution in [0.3, 0.4) is 0 Å². The Hall–Kier alpha value is -3.80. The van der Waals surface area contributed by atoms with Crippen molar-refractivity contribution in [2.24, 2.45) is 0 Å². The molecule has 0 spiro atoms. The Morgan fingerprint density at radius 1 is 1.08 bits per heavy atom. The van der Waals surface area contributed by atoms with E-state index in [1.165, 1.54) is 54.0 Å². The third kappa shape index (κ3) is 5.48. The van der Waals surface area contributed by atoms with Crippen molar-refractivity contribution in [3.63, 3.8) is 0 Å². The molecule has 2 heterocycles. The van der Waals surface area contributed by atoms with Gasteiger partial charge in [0.2, 0.25) is 0 Å². The van der Waals surface area contributed by atoms with Crippen molar-refractivity contribution in [1.82, 2.24) is 19.7 Å². The van der Waals surface area contributed by atoms with E-state index in [1.807, 2.05) is 0 Å². The highest BCUT2D eigenvalue weighted by Gasteiger charge is 2.34. The number of nitrogens with zero attached hydrogens (tertiary/aromatic N) is 4. The molecule has 192 valence electrons. The second kappa shape index (κ2) is 9.92. The number of carbonyl (C=O) groups is 2. The summed E-state index contributed by atoms with van der Waals surface area (Å²) in [4.78, 5) is 31.2. The van der Waals surface area contributed by atoms with Crippen LogP contribution in [-0.4, -0.2) is 45.6 Å². The maximum atomic E-state index is 13.5. The molecule has 1 N–H and O–H groups in total. The van der Waals surface area contributed by atoms with Gasteiger partial charge in [-0.05, 0) is 48.9 Å². The van der Waals surface area contributed by atoms with Gasteiger partial charge in [0.05, 0.1) is 29.0 Å². The molecule has 0 saturated carbocycles. The first kappa shape index (κ1) is 26.3. The summed E-state index contributed by atoms with van der Waals surface area (Å²) < 4.78 is 55.9. The van der Waals surface area contributed by atoms with E-state index in [9.17, 15) is 27.2 Å². The van der Waals surface area contributed by atoms with Gasteiger partial charge in [-0.25, -0.2) is 9.37 Å². The average molecular weight is 578 g/mol. The fraction of sp³-hybridized carbons (Fsp3) is 0.200. The van der Waals surface area contributed by atoms with Crippen LogP contribution in [0.2, 0.25) is 0 Å². The number of nitrogens with one attached hydrogen (secondary N) is 1. The smallest absolute Gasteiger partial charge is 0.343 e. The Morgan fingerprint density at radius 2 is 1.76 bits per heavy atom. The predicted octanol–water partition coefficient (Wildman–Crippen LogP) is 5.66. The summed E-state index contributed by atoms with van der Waals surface area (Å²) in [5.74, 6) is -1.80. The number of halogens is 5. The molecule has 0 aliphatic carbocycles. The highest BCUT2D eigenvalue weighted by Crippen LogP contribution is 2.33. The van der Waals surface area contributed by atoms with E-state index in [0.717, 1.165) is 0 Å². The van der Waals surface area contributed by atoms with Gasteiger partial charge in [-0.1, -0.05) is 28.1 Å². The van der Waals surface area contributed by atoms with Crippen molar-refractivity contribution in [3.8, 4) is 0 Å². The fourth-order valence-corrected chi connectivity index (χ4v) is 4.05. The van der Waals surface area contributed by atoms with Crippen molar-refractivity contribution in [3.05, 3.63) is 87.0 Å². The lowest BCUT2D eigenvalue weighted by Crippen LogP contribution is -2.24. The third-order valence-corrected chi connectivity index (χ3v) is 6.10. The Kier molecular flexibility index (Phi) is 7.05. The lowest BCUT2D eigenvalue weighted by atomic mass is 10.1. The molecule has 2 amide bonds. The number of hydrogen-bond donors (Lipinski definition) is 1. The van der Waals surface area contributed by atoms with E-state index < -0.39 is 29.5 Å². The quantitative estimate of drug-likeness (QED) is 0.310. The highest BCUT2D eigenvalue weighted by atomic mass is 79.9. The second-order valence-corrected chi connectivity index (χ2v) is 9.38. The molecule has 0 radical (unpaired) electrons. The Balaban J connectivity index is 1.80. The summed E-state index contributed by atoms with van der Waals surface area (Å²) in [5, 5.41) is 7.13. The number of fused-ring (bicyclic) bond motifs is 1. The number of aromatic nitrogens is 3. The lowest BCUT2D eigenvalue weighted by molar-refractivity contribution is -0.140. The Morgan fingerprint density at radius 3 is 2.38 bits per heavy atom. The topological polar surface area (TPSA) is 80.1 Å². The first-order chi connectivity index (χ1) is 17.3. The molecule has 37 heavy (non-hydrogen) atoms. The summed E-state index contributed by atoms with van der Waals surface area (Å²) >= 11 is 3.27. The van der Waals surface area contributed by atoms with Crippen LogP contribution in [0.15, 0.2) is 53.0 Å². The van der Waals surface area contributed by atoms with Crippen LogP contribution >= 0.6 is 15.9 Å². The number of rotatable bonds is 5. The van der Waals surface area contributed by atoms with E-state index in [0.29, 0.717) is 21.8 Å². The van der Waals surface area contributed by atoms with E-state index in [-0.39, 0.29) is 34.4 Å². The molecular formula is C25H20BrF4N5O2. The van der Waals surface area contributed by atoms with Gasteiger partial charge in [-0.2, -0.15) is 18.3 Å². The summed E-state index contributed by atoms with van der Waals surface area (Å²) in [5.41, 5.74) is -0.468. The normalized spacial score (nSPS) is 11.6. The SMILES string of the molecule is Cc1c(NC(=O)c2cc(C(F)(F)F)nc3ccc(Br)cc23)c(C(=O)N(C)C)nn1Cc1ccc(F)cc1. The first-order valence-electron chi connectivity index (χ1n) is 10.9. The second-order valence-electron chi connectivity index (χ2n) is 8.46. The van der Waals surface area contributed by atoms with Crippen LogP contribution in [0.5, 0.6) is 0 Å². The molecule has 7 nitrogen and oxygen atoms in total. The Labute approximate surface area is 217 Å². The summed E-state index contributed by atoms with van der Waals surface area (Å²) in [6, 6.07) is 10.8. The van der Waals surface area contributed by atoms with Gasteiger partial charge in [0.15, 0.2) is 5.69 Å². The summed E-state index contributed by atoms with van der Waals surface area (Å²) in [7, 11) is 3.01. The van der Waals surface area contributed by atoms with Crippen LogP contribution in [0.1, 0.15) is 37.8 Å². The third-order valence-electron chi connectivity index (χ3n) is 5.61. The van der Waals surface area contributed by atoms with E-state index in [1.54, 1.807) is 19.1 Å². The number of hydrogen-bond acceptors (Lipinski definition) is 4. The van der Waals surface area contributed by atoms with Gasteiger partial charge >= 0.3 is 6.18 Å². The number of benzene rings is 2.